The Morgan fingerprint density at radius 1 is 0.474 bits per heavy atom. The molecule has 57 heavy (non-hydrogen) atoms. The van der Waals surface area contributed by atoms with Gasteiger partial charge in [-0.15, -0.1) is 0 Å². The summed E-state index contributed by atoms with van der Waals surface area (Å²) in [5.41, 5.74) is 11.7. The van der Waals surface area contributed by atoms with Gasteiger partial charge >= 0.3 is 0 Å². The highest BCUT2D eigenvalue weighted by atomic mass is 16.3. The van der Waals surface area contributed by atoms with E-state index in [4.69, 9.17) is 18.8 Å². The van der Waals surface area contributed by atoms with Crippen LogP contribution in [0.5, 0.6) is 0 Å². The lowest BCUT2D eigenvalue weighted by atomic mass is 9.97. The van der Waals surface area contributed by atoms with Crippen LogP contribution in [0, 0.1) is 0 Å². The summed E-state index contributed by atoms with van der Waals surface area (Å²) in [7, 11) is 0. The lowest BCUT2D eigenvalue weighted by Gasteiger charge is -2.23. The molecule has 268 valence electrons. The number of hydrogen-bond donors (Lipinski definition) is 1. The van der Waals surface area contributed by atoms with Gasteiger partial charge in [-0.05, 0) is 65.2 Å². The summed E-state index contributed by atoms with van der Waals surface area (Å²) in [6.07, 6.45) is -0.308. The average Bonchev–Trinajstić information content (AvgIpc) is 3.96. The highest BCUT2D eigenvalue weighted by Gasteiger charge is 2.24. The molecule has 4 heterocycles. The van der Waals surface area contributed by atoms with Gasteiger partial charge in [0.2, 0.25) is 0 Å². The number of amidine groups is 2. The maximum atomic E-state index is 6.84. The first-order valence-electron chi connectivity index (χ1n) is 19.2. The van der Waals surface area contributed by atoms with Crippen LogP contribution in [0.25, 0.3) is 82.5 Å². The first kappa shape index (κ1) is 31.6. The zero-order chi connectivity index (χ0) is 37.5. The van der Waals surface area contributed by atoms with Crippen molar-refractivity contribution >= 4 is 77.4 Å². The molecule has 1 aliphatic rings. The summed E-state index contributed by atoms with van der Waals surface area (Å²) in [6, 6.07) is 63.1. The number of rotatable bonds is 5. The first-order chi connectivity index (χ1) is 28.3. The van der Waals surface area contributed by atoms with Crippen LogP contribution in [0.15, 0.2) is 201 Å². The van der Waals surface area contributed by atoms with E-state index in [1.54, 1.807) is 0 Å². The zero-order valence-electron chi connectivity index (χ0n) is 30.6. The van der Waals surface area contributed by atoms with E-state index in [1.165, 1.54) is 10.8 Å². The molecule has 11 aromatic rings. The van der Waals surface area contributed by atoms with E-state index in [0.717, 1.165) is 94.3 Å². The minimum atomic E-state index is -0.308. The molecule has 0 amide bonds. The van der Waals surface area contributed by atoms with E-state index >= 15 is 0 Å². The fraction of sp³-hybridized carbons (Fsp3) is 0.0196. The predicted molar refractivity (Wildman–Crippen MR) is 233 cm³/mol. The van der Waals surface area contributed by atoms with E-state index in [2.05, 4.69) is 155 Å². The standard InChI is InChI=1S/C51H32N4O2/c1-3-14-31(15-4-1)49-52-50(32-16-5-2-6-17-32)54-51(53-49)39-22-11-21-38-37-29-28-33(30-45(37)57-48(38)39)34-20-12-26-43-46(34)47-42(25-13-27-44(47)56-43)55-40-23-9-7-18-35(40)36-19-8-10-24-41(36)55/h1-30,49H,(H,52,53,54). The van der Waals surface area contributed by atoms with E-state index in [9.17, 15) is 0 Å². The second kappa shape index (κ2) is 12.4. The van der Waals surface area contributed by atoms with Crippen molar-refractivity contribution < 1.29 is 8.83 Å². The number of benzene rings is 8. The van der Waals surface area contributed by atoms with Crippen molar-refractivity contribution in [1.29, 1.82) is 0 Å². The number of nitrogens with one attached hydrogen (secondary N) is 1. The molecule has 0 spiro atoms. The van der Waals surface area contributed by atoms with Gasteiger partial charge in [0.25, 0.3) is 0 Å². The number of furan rings is 2. The van der Waals surface area contributed by atoms with Crippen molar-refractivity contribution in [3.63, 3.8) is 0 Å². The highest BCUT2D eigenvalue weighted by molar-refractivity contribution is 6.21. The molecule has 3 aromatic heterocycles. The Balaban J connectivity index is 1.04. The number of nitrogens with zero attached hydrogens (tertiary/aromatic N) is 3. The van der Waals surface area contributed by atoms with Gasteiger partial charge in [0, 0.05) is 32.5 Å². The van der Waals surface area contributed by atoms with Crippen LogP contribution >= 0.6 is 0 Å². The summed E-state index contributed by atoms with van der Waals surface area (Å²) >= 11 is 0. The van der Waals surface area contributed by atoms with Gasteiger partial charge < -0.3 is 18.7 Å². The second-order valence-corrected chi connectivity index (χ2v) is 14.5. The molecule has 1 N–H and O–H groups in total. The van der Waals surface area contributed by atoms with Gasteiger partial charge in [-0.3, -0.25) is 0 Å². The number of aliphatic imine (C=N–C) groups is 2. The second-order valence-electron chi connectivity index (χ2n) is 14.5. The van der Waals surface area contributed by atoms with E-state index in [1.807, 2.05) is 36.4 Å². The fourth-order valence-corrected chi connectivity index (χ4v) is 8.72. The third-order valence-corrected chi connectivity index (χ3v) is 11.3. The molecule has 0 aliphatic carbocycles. The van der Waals surface area contributed by atoms with Crippen molar-refractivity contribution in [2.75, 3.05) is 0 Å². The molecule has 12 rings (SSSR count). The fourth-order valence-electron chi connectivity index (χ4n) is 8.72. The summed E-state index contributed by atoms with van der Waals surface area (Å²) in [4.78, 5) is 10.2. The van der Waals surface area contributed by atoms with E-state index in [-0.39, 0.29) is 6.17 Å². The predicted octanol–water partition coefficient (Wildman–Crippen LogP) is 12.7. The van der Waals surface area contributed by atoms with Crippen molar-refractivity contribution in [3.8, 4) is 16.8 Å². The Hall–Kier alpha value is -7.70. The van der Waals surface area contributed by atoms with Gasteiger partial charge in [-0.25, -0.2) is 9.98 Å². The third kappa shape index (κ3) is 4.90. The minimum absolute atomic E-state index is 0.308. The highest BCUT2D eigenvalue weighted by Crippen LogP contribution is 2.43. The quantitative estimate of drug-likeness (QED) is 0.192. The zero-order valence-corrected chi connectivity index (χ0v) is 30.6. The number of fused-ring (bicyclic) bond motifs is 9. The Labute approximate surface area is 326 Å². The molecule has 1 aliphatic heterocycles. The monoisotopic (exact) mass is 732 g/mol. The summed E-state index contributed by atoms with van der Waals surface area (Å²) in [5, 5.41) is 10.2. The van der Waals surface area contributed by atoms with Crippen molar-refractivity contribution in [3.05, 3.63) is 199 Å². The maximum absolute atomic E-state index is 6.84. The molecular formula is C51H32N4O2. The SMILES string of the molecule is c1ccc(C2=NC(c3cccc4c3oc3cc(-c5cccc6oc7cccc(-n8c9ccccc9c9ccccc98)c7c56)ccc34)=NC(c3ccccc3)N2)cc1. The van der Waals surface area contributed by atoms with Gasteiger partial charge in [0.15, 0.2) is 5.84 Å². The largest absolute Gasteiger partial charge is 0.456 e. The first-order valence-corrected chi connectivity index (χ1v) is 19.2. The van der Waals surface area contributed by atoms with Gasteiger partial charge in [0.1, 0.15) is 34.3 Å². The normalized spacial score (nSPS) is 14.5. The van der Waals surface area contributed by atoms with Gasteiger partial charge in [-0.1, -0.05) is 133 Å². The van der Waals surface area contributed by atoms with Gasteiger partial charge in [0.05, 0.1) is 27.7 Å². The van der Waals surface area contributed by atoms with Crippen molar-refractivity contribution in [1.82, 2.24) is 9.88 Å². The Morgan fingerprint density at radius 2 is 1.12 bits per heavy atom. The molecule has 1 unspecified atom stereocenters. The molecule has 0 fully saturated rings. The lowest BCUT2D eigenvalue weighted by molar-refractivity contribution is 0.663. The summed E-state index contributed by atoms with van der Waals surface area (Å²) in [6.45, 7) is 0. The van der Waals surface area contributed by atoms with Crippen LogP contribution in [0.2, 0.25) is 0 Å². The van der Waals surface area contributed by atoms with Crippen LogP contribution in [0.3, 0.4) is 0 Å². The molecule has 6 heteroatoms. The molecule has 0 saturated carbocycles. The smallest absolute Gasteiger partial charge is 0.163 e. The van der Waals surface area contributed by atoms with Crippen LogP contribution < -0.4 is 5.32 Å². The molecule has 0 radical (unpaired) electrons. The Morgan fingerprint density at radius 3 is 1.91 bits per heavy atom. The van der Waals surface area contributed by atoms with E-state index < -0.39 is 0 Å². The van der Waals surface area contributed by atoms with Gasteiger partial charge in [-0.2, -0.15) is 0 Å². The summed E-state index contributed by atoms with van der Waals surface area (Å²) < 4.78 is 15.8. The van der Waals surface area contributed by atoms with Crippen molar-refractivity contribution in [2.45, 2.75) is 6.17 Å². The number of aromatic nitrogens is 1. The molecule has 0 bridgehead atoms. The number of para-hydroxylation sites is 3. The molecular weight excluding hydrogens is 701 g/mol. The third-order valence-electron chi connectivity index (χ3n) is 11.3. The number of hydrogen-bond acceptors (Lipinski definition) is 5. The maximum Gasteiger partial charge on any atom is 0.163 e. The van der Waals surface area contributed by atoms with Crippen LogP contribution in [0.1, 0.15) is 22.9 Å². The van der Waals surface area contributed by atoms with Crippen LogP contribution in [0.4, 0.5) is 0 Å². The molecule has 0 saturated heterocycles. The van der Waals surface area contributed by atoms with Crippen LogP contribution in [-0.2, 0) is 0 Å². The minimum Gasteiger partial charge on any atom is -0.456 e. The molecule has 8 aromatic carbocycles. The van der Waals surface area contributed by atoms with E-state index in [0.29, 0.717) is 5.84 Å². The summed E-state index contributed by atoms with van der Waals surface area (Å²) in [5.74, 6) is 1.39. The average molecular weight is 733 g/mol. The molecule has 6 nitrogen and oxygen atoms in total. The molecule has 1 atom stereocenters. The topological polar surface area (TPSA) is 68.0 Å². The van der Waals surface area contributed by atoms with Crippen LogP contribution in [-0.4, -0.2) is 16.2 Å². The Kier molecular flexibility index (Phi) is 6.89. The van der Waals surface area contributed by atoms with Crippen molar-refractivity contribution in [2.24, 2.45) is 9.98 Å². The lowest BCUT2D eigenvalue weighted by Crippen LogP contribution is -2.33. The Bertz CT molecular complexity index is 3390.